The molecule has 0 aromatic heterocycles. The fraction of sp³-hybridized carbons (Fsp3) is 1.00. The number of halogens is 2. The molecule has 0 aliphatic carbocycles. The predicted molar refractivity (Wildman–Crippen MR) is 46.1 cm³/mol. The lowest BCUT2D eigenvalue weighted by Crippen LogP contribution is -2.39. The van der Waals surface area contributed by atoms with Crippen LogP contribution in [0.5, 0.6) is 0 Å². The van der Waals surface area contributed by atoms with Crippen molar-refractivity contribution in [2.24, 2.45) is 5.14 Å². The maximum absolute atomic E-state index is 10.7. The molecule has 0 rings (SSSR count). The minimum atomic E-state index is -3.62. The zero-order chi connectivity index (χ0) is 8.91. The summed E-state index contributed by atoms with van der Waals surface area (Å²) in [4.78, 5) is 0. The summed E-state index contributed by atoms with van der Waals surface area (Å²) < 4.78 is 22.4. The largest absolute Gasteiger partial charge is 0.276 e. The lowest BCUT2D eigenvalue weighted by molar-refractivity contribution is 0.449. The molecule has 0 fully saturated rings. The molecule has 0 heterocycles. The van der Waals surface area contributed by atoms with Crippen LogP contribution >= 0.6 is 23.2 Å². The van der Waals surface area contributed by atoms with Crippen molar-refractivity contribution in [3.05, 3.63) is 0 Å². The van der Waals surface area contributed by atoms with Crippen molar-refractivity contribution in [3.8, 4) is 0 Å². The van der Waals surface area contributed by atoms with E-state index in [1.54, 1.807) is 0 Å². The maximum Gasteiger partial charge on any atom is 0.276 e. The molecule has 0 unspecified atom stereocenters. The molecule has 7 heteroatoms. The van der Waals surface area contributed by atoms with Crippen LogP contribution in [0.25, 0.3) is 0 Å². The van der Waals surface area contributed by atoms with Crippen LogP contribution < -0.4 is 5.14 Å². The van der Waals surface area contributed by atoms with Gasteiger partial charge in [0, 0.05) is 24.8 Å². The molecule has 4 nitrogen and oxygen atoms in total. The van der Waals surface area contributed by atoms with E-state index in [-0.39, 0.29) is 24.8 Å². The Balaban J connectivity index is 4.11. The van der Waals surface area contributed by atoms with E-state index < -0.39 is 10.2 Å². The molecule has 0 atom stereocenters. The standard InChI is InChI=1S/C4H10Cl2N2O2S/c5-1-3-8(4-2-6)11(7,9)10/h1-4H2,(H2,7,9,10). The zero-order valence-electron chi connectivity index (χ0n) is 5.83. The number of hydrogen-bond acceptors (Lipinski definition) is 2. The molecule has 2 N–H and O–H groups in total. The van der Waals surface area contributed by atoms with E-state index in [9.17, 15) is 8.42 Å². The molecule has 0 saturated heterocycles. The predicted octanol–water partition coefficient (Wildman–Crippen LogP) is -0.0305. The van der Waals surface area contributed by atoms with Crippen molar-refractivity contribution in [3.63, 3.8) is 0 Å². The Bertz CT molecular complexity index is 188. The van der Waals surface area contributed by atoms with Crippen LogP contribution in [0.2, 0.25) is 0 Å². The fourth-order valence-electron chi connectivity index (χ4n) is 0.555. The van der Waals surface area contributed by atoms with E-state index in [1.807, 2.05) is 0 Å². The highest BCUT2D eigenvalue weighted by atomic mass is 35.5. The average Bonchev–Trinajstić information content (AvgIpc) is 1.85. The molecule has 0 bridgehead atoms. The minimum absolute atomic E-state index is 0.201. The Labute approximate surface area is 76.4 Å². The lowest BCUT2D eigenvalue weighted by atomic mass is 10.7. The van der Waals surface area contributed by atoms with Gasteiger partial charge >= 0.3 is 0 Å². The monoisotopic (exact) mass is 220 g/mol. The van der Waals surface area contributed by atoms with E-state index in [4.69, 9.17) is 28.3 Å². The van der Waals surface area contributed by atoms with Crippen LogP contribution in [0, 0.1) is 0 Å². The van der Waals surface area contributed by atoms with Gasteiger partial charge in [0.05, 0.1) is 0 Å². The van der Waals surface area contributed by atoms with E-state index in [1.165, 1.54) is 0 Å². The quantitative estimate of drug-likeness (QED) is 0.662. The van der Waals surface area contributed by atoms with E-state index in [0.717, 1.165) is 4.31 Å². The highest BCUT2D eigenvalue weighted by Gasteiger charge is 2.14. The second-order valence-electron chi connectivity index (χ2n) is 1.82. The normalized spacial score (nSPS) is 12.4. The van der Waals surface area contributed by atoms with Crippen molar-refractivity contribution in [2.45, 2.75) is 0 Å². The number of rotatable bonds is 5. The molecule has 0 saturated carbocycles. The number of alkyl halides is 2. The second-order valence-corrected chi connectivity index (χ2v) is 4.12. The molecule has 0 spiro atoms. The summed E-state index contributed by atoms with van der Waals surface area (Å²) in [5, 5.41) is 4.83. The van der Waals surface area contributed by atoms with Gasteiger partial charge in [0.2, 0.25) is 0 Å². The van der Waals surface area contributed by atoms with Gasteiger partial charge in [-0.25, -0.2) is 5.14 Å². The first-order valence-electron chi connectivity index (χ1n) is 2.92. The van der Waals surface area contributed by atoms with Crippen LogP contribution in [-0.4, -0.2) is 37.6 Å². The lowest BCUT2D eigenvalue weighted by Gasteiger charge is -2.15. The van der Waals surface area contributed by atoms with E-state index in [2.05, 4.69) is 0 Å². The van der Waals surface area contributed by atoms with Gasteiger partial charge in [-0.05, 0) is 0 Å². The van der Waals surface area contributed by atoms with Crippen molar-refractivity contribution in [1.82, 2.24) is 4.31 Å². The zero-order valence-corrected chi connectivity index (χ0v) is 8.16. The van der Waals surface area contributed by atoms with Crippen molar-refractivity contribution >= 4 is 33.4 Å². The van der Waals surface area contributed by atoms with Gasteiger partial charge in [-0.15, -0.1) is 23.2 Å². The highest BCUT2D eigenvalue weighted by Crippen LogP contribution is 1.95. The Morgan fingerprint density at radius 3 is 1.73 bits per heavy atom. The van der Waals surface area contributed by atoms with Gasteiger partial charge < -0.3 is 0 Å². The van der Waals surface area contributed by atoms with E-state index >= 15 is 0 Å². The first-order chi connectivity index (χ1) is 5.02. The van der Waals surface area contributed by atoms with Crippen molar-refractivity contribution < 1.29 is 8.42 Å². The molecule has 68 valence electrons. The summed E-state index contributed by atoms with van der Waals surface area (Å²) in [5.74, 6) is 0.431. The van der Waals surface area contributed by atoms with Gasteiger partial charge in [0.1, 0.15) is 0 Å². The van der Waals surface area contributed by atoms with Gasteiger partial charge in [-0.3, -0.25) is 0 Å². The number of nitrogens with two attached hydrogens (primary N) is 1. The molecule has 0 aliphatic heterocycles. The average molecular weight is 221 g/mol. The molecule has 0 aliphatic rings. The van der Waals surface area contributed by atoms with Crippen molar-refractivity contribution in [1.29, 1.82) is 0 Å². The van der Waals surface area contributed by atoms with Crippen LogP contribution in [0.3, 0.4) is 0 Å². The molecule has 0 aromatic carbocycles. The molecule has 0 amide bonds. The van der Waals surface area contributed by atoms with E-state index in [0.29, 0.717) is 0 Å². The topological polar surface area (TPSA) is 63.4 Å². The summed E-state index contributed by atoms with van der Waals surface area (Å²) in [6.07, 6.45) is 0. The van der Waals surface area contributed by atoms with Crippen molar-refractivity contribution in [2.75, 3.05) is 24.8 Å². The third-order valence-electron chi connectivity index (χ3n) is 1.03. The van der Waals surface area contributed by atoms with Crippen LogP contribution in [0.4, 0.5) is 0 Å². The summed E-state index contributed by atoms with van der Waals surface area (Å²) in [5.41, 5.74) is 0. The van der Waals surface area contributed by atoms with Crippen LogP contribution in [-0.2, 0) is 10.2 Å². The number of hydrogen-bond donors (Lipinski definition) is 1. The Morgan fingerprint density at radius 1 is 1.18 bits per heavy atom. The van der Waals surface area contributed by atoms with Crippen LogP contribution in [0.15, 0.2) is 0 Å². The van der Waals surface area contributed by atoms with Crippen LogP contribution in [0.1, 0.15) is 0 Å². The minimum Gasteiger partial charge on any atom is -0.216 e. The third-order valence-corrected chi connectivity index (χ3v) is 2.45. The van der Waals surface area contributed by atoms with Gasteiger partial charge in [0.25, 0.3) is 10.2 Å². The Morgan fingerprint density at radius 2 is 1.55 bits per heavy atom. The summed E-state index contributed by atoms with van der Waals surface area (Å²) in [7, 11) is -3.62. The van der Waals surface area contributed by atoms with Gasteiger partial charge in [0.15, 0.2) is 0 Å². The second kappa shape index (κ2) is 5.16. The Hall–Kier alpha value is 0.450. The molecule has 11 heavy (non-hydrogen) atoms. The Kier molecular flexibility index (Phi) is 5.37. The summed E-state index contributed by atoms with van der Waals surface area (Å²) in [6.45, 7) is 0.403. The highest BCUT2D eigenvalue weighted by molar-refractivity contribution is 7.86. The summed E-state index contributed by atoms with van der Waals surface area (Å²) in [6, 6.07) is 0. The smallest absolute Gasteiger partial charge is 0.216 e. The fourth-order valence-corrected chi connectivity index (χ4v) is 1.85. The molecular formula is C4H10Cl2N2O2S. The van der Waals surface area contributed by atoms with Gasteiger partial charge in [-0.1, -0.05) is 0 Å². The maximum atomic E-state index is 10.7. The third kappa shape index (κ3) is 4.81. The first-order valence-corrected chi connectivity index (χ1v) is 5.49. The van der Waals surface area contributed by atoms with Gasteiger partial charge in [-0.2, -0.15) is 12.7 Å². The first kappa shape index (κ1) is 11.4. The molecule has 0 aromatic rings. The molecule has 0 radical (unpaired) electrons. The molecular weight excluding hydrogens is 211 g/mol. The number of nitrogens with zero attached hydrogens (tertiary/aromatic N) is 1. The summed E-state index contributed by atoms with van der Waals surface area (Å²) >= 11 is 10.7. The SMILES string of the molecule is NS(=O)(=O)N(CCCl)CCCl.